The number of hydrogen-bond acceptors (Lipinski definition) is 4. The lowest BCUT2D eigenvalue weighted by atomic mass is 9.93. The van der Waals surface area contributed by atoms with Crippen LogP contribution in [-0.4, -0.2) is 64.3 Å². The van der Waals surface area contributed by atoms with Crippen LogP contribution >= 0.6 is 0 Å². The topological polar surface area (TPSA) is 83.8 Å². The molecule has 30 heavy (non-hydrogen) atoms. The molecule has 2 N–H and O–H groups in total. The van der Waals surface area contributed by atoms with Crippen LogP contribution < -0.4 is 10.6 Å². The minimum atomic E-state index is -0.508. The Morgan fingerprint density at radius 1 is 1.37 bits per heavy atom. The second-order valence-corrected chi connectivity index (χ2v) is 9.12. The molecule has 1 aliphatic heterocycles. The van der Waals surface area contributed by atoms with Crippen LogP contribution in [0.3, 0.4) is 0 Å². The standard InChI is InChI=1S/C22H40N6O2/c1-7-9-18(26-21(29)30-22(4,5)6)14-25-20(24-8-2)27-12-10-17(3)19(15-27)28-13-11-23-16-28/h11,13,16-19H,7-10,12,14-15H2,1-6H3,(H,24,25)(H,26,29). The maximum absolute atomic E-state index is 12.2. The molecule has 8 nitrogen and oxygen atoms in total. The van der Waals surface area contributed by atoms with Gasteiger partial charge in [-0.2, -0.15) is 0 Å². The van der Waals surface area contributed by atoms with Gasteiger partial charge in [-0.25, -0.2) is 9.78 Å². The van der Waals surface area contributed by atoms with Gasteiger partial charge in [-0.05, 0) is 46.5 Å². The number of aromatic nitrogens is 2. The zero-order chi connectivity index (χ0) is 22.1. The number of guanidine groups is 1. The van der Waals surface area contributed by atoms with Gasteiger partial charge < -0.3 is 24.8 Å². The van der Waals surface area contributed by atoms with E-state index < -0.39 is 5.60 Å². The van der Waals surface area contributed by atoms with Crippen LogP contribution in [0.4, 0.5) is 4.79 Å². The molecular formula is C22H40N6O2. The summed E-state index contributed by atoms with van der Waals surface area (Å²) in [6.07, 6.45) is 8.32. The molecule has 0 saturated carbocycles. The third-order valence-electron chi connectivity index (χ3n) is 5.28. The molecule has 1 aromatic rings. The van der Waals surface area contributed by atoms with Gasteiger partial charge in [0, 0.05) is 32.0 Å². The predicted molar refractivity (Wildman–Crippen MR) is 121 cm³/mol. The van der Waals surface area contributed by atoms with Crippen molar-refractivity contribution < 1.29 is 9.53 Å². The summed E-state index contributed by atoms with van der Waals surface area (Å²) in [6, 6.07) is 0.322. The monoisotopic (exact) mass is 420 g/mol. The number of rotatable bonds is 7. The Kier molecular flexibility index (Phi) is 8.99. The lowest BCUT2D eigenvalue weighted by Crippen LogP contribution is -2.49. The highest BCUT2D eigenvalue weighted by Gasteiger charge is 2.29. The first-order valence-corrected chi connectivity index (χ1v) is 11.2. The molecule has 170 valence electrons. The maximum atomic E-state index is 12.2. The Morgan fingerprint density at radius 2 is 2.13 bits per heavy atom. The minimum Gasteiger partial charge on any atom is -0.444 e. The highest BCUT2D eigenvalue weighted by Crippen LogP contribution is 2.27. The molecule has 1 saturated heterocycles. The van der Waals surface area contributed by atoms with Crippen molar-refractivity contribution >= 4 is 12.1 Å². The summed E-state index contributed by atoms with van der Waals surface area (Å²) < 4.78 is 7.62. The molecule has 0 aliphatic carbocycles. The van der Waals surface area contributed by atoms with Crippen LogP contribution in [0, 0.1) is 5.92 Å². The minimum absolute atomic E-state index is 0.0494. The predicted octanol–water partition coefficient (Wildman–Crippen LogP) is 3.42. The van der Waals surface area contributed by atoms with Crippen LogP contribution in [0.25, 0.3) is 0 Å². The van der Waals surface area contributed by atoms with Crippen LogP contribution in [0.15, 0.2) is 23.7 Å². The van der Waals surface area contributed by atoms with E-state index in [0.29, 0.717) is 18.5 Å². The summed E-state index contributed by atoms with van der Waals surface area (Å²) >= 11 is 0. The molecule has 0 bridgehead atoms. The van der Waals surface area contributed by atoms with Crippen molar-refractivity contribution in [2.24, 2.45) is 10.9 Å². The number of nitrogens with one attached hydrogen (secondary N) is 2. The first kappa shape index (κ1) is 24.0. The number of aliphatic imine (C=N–C) groups is 1. The third kappa shape index (κ3) is 7.54. The first-order chi connectivity index (χ1) is 14.2. The van der Waals surface area contributed by atoms with Gasteiger partial charge in [-0.15, -0.1) is 0 Å². The van der Waals surface area contributed by atoms with Gasteiger partial charge >= 0.3 is 6.09 Å². The van der Waals surface area contributed by atoms with E-state index in [1.165, 1.54) is 0 Å². The van der Waals surface area contributed by atoms with Crippen molar-refractivity contribution in [2.45, 2.75) is 78.5 Å². The average molecular weight is 421 g/mol. The summed E-state index contributed by atoms with van der Waals surface area (Å²) in [5.74, 6) is 1.49. The number of ether oxygens (including phenoxy) is 1. The number of nitrogens with zero attached hydrogens (tertiary/aromatic N) is 4. The third-order valence-corrected chi connectivity index (χ3v) is 5.28. The molecule has 0 aromatic carbocycles. The van der Waals surface area contributed by atoms with Crippen molar-refractivity contribution in [1.82, 2.24) is 25.1 Å². The Morgan fingerprint density at radius 3 is 2.73 bits per heavy atom. The van der Waals surface area contributed by atoms with E-state index in [2.05, 4.69) is 45.9 Å². The molecule has 0 spiro atoms. The molecule has 1 amide bonds. The van der Waals surface area contributed by atoms with Gasteiger partial charge in [-0.1, -0.05) is 20.3 Å². The van der Waals surface area contributed by atoms with Crippen LogP contribution in [0.1, 0.15) is 66.8 Å². The van der Waals surface area contributed by atoms with E-state index in [-0.39, 0.29) is 12.1 Å². The summed E-state index contributed by atoms with van der Waals surface area (Å²) in [6.45, 7) is 15.3. The number of carbonyl (C=O) groups excluding carboxylic acids is 1. The number of alkyl carbamates (subject to hydrolysis) is 1. The van der Waals surface area contributed by atoms with Crippen molar-refractivity contribution in [2.75, 3.05) is 26.2 Å². The van der Waals surface area contributed by atoms with Gasteiger partial charge in [0.05, 0.1) is 25.0 Å². The molecule has 3 unspecified atom stereocenters. The first-order valence-electron chi connectivity index (χ1n) is 11.2. The van der Waals surface area contributed by atoms with Crippen LogP contribution in [0.2, 0.25) is 0 Å². The van der Waals surface area contributed by atoms with Gasteiger partial charge in [0.25, 0.3) is 0 Å². The number of hydrogen-bond donors (Lipinski definition) is 2. The van der Waals surface area contributed by atoms with E-state index in [9.17, 15) is 4.79 Å². The summed E-state index contributed by atoms with van der Waals surface area (Å²) in [5, 5.41) is 6.42. The summed E-state index contributed by atoms with van der Waals surface area (Å²) in [5.41, 5.74) is -0.508. The zero-order valence-electron chi connectivity index (χ0n) is 19.5. The van der Waals surface area contributed by atoms with Gasteiger partial charge in [-0.3, -0.25) is 4.99 Å². The highest BCUT2D eigenvalue weighted by atomic mass is 16.6. The van der Waals surface area contributed by atoms with Crippen molar-refractivity contribution in [3.63, 3.8) is 0 Å². The van der Waals surface area contributed by atoms with Crippen molar-refractivity contribution in [1.29, 1.82) is 0 Å². The Labute approximate surface area is 181 Å². The smallest absolute Gasteiger partial charge is 0.407 e. The van der Waals surface area contributed by atoms with E-state index in [4.69, 9.17) is 9.73 Å². The Bertz CT molecular complexity index is 668. The second-order valence-electron chi connectivity index (χ2n) is 9.12. The van der Waals surface area contributed by atoms with Crippen LogP contribution in [0.5, 0.6) is 0 Å². The maximum Gasteiger partial charge on any atom is 0.407 e. The fourth-order valence-electron chi connectivity index (χ4n) is 3.75. The number of amides is 1. The van der Waals surface area contributed by atoms with Gasteiger partial charge in [0.1, 0.15) is 5.60 Å². The lowest BCUT2D eigenvalue weighted by Gasteiger charge is -2.39. The highest BCUT2D eigenvalue weighted by molar-refractivity contribution is 5.80. The second kappa shape index (κ2) is 11.2. The van der Waals surface area contributed by atoms with Gasteiger partial charge in [0.15, 0.2) is 5.96 Å². The molecule has 3 atom stereocenters. The molecule has 1 aromatic heterocycles. The molecule has 2 rings (SSSR count). The molecule has 2 heterocycles. The largest absolute Gasteiger partial charge is 0.444 e. The van der Waals surface area contributed by atoms with E-state index >= 15 is 0 Å². The average Bonchev–Trinajstić information content (AvgIpc) is 3.18. The summed E-state index contributed by atoms with van der Waals surface area (Å²) in [4.78, 5) is 23.6. The zero-order valence-corrected chi connectivity index (χ0v) is 19.5. The molecule has 0 radical (unpaired) electrons. The molecule has 1 fully saturated rings. The lowest BCUT2D eigenvalue weighted by molar-refractivity contribution is 0.0503. The number of piperidine rings is 1. The van der Waals surface area contributed by atoms with Gasteiger partial charge in [0.2, 0.25) is 0 Å². The Hall–Kier alpha value is -2.25. The van der Waals surface area contributed by atoms with E-state index in [1.807, 2.05) is 39.5 Å². The normalized spacial score (nSPS) is 21.3. The SMILES string of the molecule is CCCC(CN=C(NCC)N1CCC(C)C(n2ccnc2)C1)NC(=O)OC(C)(C)C. The van der Waals surface area contributed by atoms with Crippen molar-refractivity contribution in [3.05, 3.63) is 18.7 Å². The number of imidazole rings is 1. The number of carbonyl (C=O) groups is 1. The fourth-order valence-corrected chi connectivity index (χ4v) is 3.75. The van der Waals surface area contributed by atoms with Crippen LogP contribution in [-0.2, 0) is 4.74 Å². The summed E-state index contributed by atoms with van der Waals surface area (Å²) in [7, 11) is 0. The Balaban J connectivity index is 2.06. The van der Waals surface area contributed by atoms with Crippen molar-refractivity contribution in [3.8, 4) is 0 Å². The van der Waals surface area contributed by atoms with E-state index in [0.717, 1.165) is 44.9 Å². The fraction of sp³-hybridized carbons (Fsp3) is 0.773. The number of likely N-dealkylation sites (tertiary alicyclic amines) is 1. The molecule has 1 aliphatic rings. The molecular weight excluding hydrogens is 380 g/mol. The molecule has 8 heteroatoms. The van der Waals surface area contributed by atoms with E-state index in [1.54, 1.807) is 0 Å². The quantitative estimate of drug-likeness (QED) is 0.522.